The molecule has 0 atom stereocenters. The van der Waals surface area contributed by atoms with Crippen LogP contribution in [-0.2, 0) is 4.74 Å². The van der Waals surface area contributed by atoms with E-state index in [1.165, 1.54) is 42.2 Å². The van der Waals surface area contributed by atoms with Gasteiger partial charge in [0.2, 0.25) is 0 Å². The van der Waals surface area contributed by atoms with Gasteiger partial charge in [0.05, 0.1) is 11.5 Å². The number of aromatic nitrogens is 2. The van der Waals surface area contributed by atoms with Crippen LogP contribution < -0.4 is 4.90 Å². The molecule has 5 rings (SSSR count). The predicted octanol–water partition coefficient (Wildman–Crippen LogP) is 4.69. The van der Waals surface area contributed by atoms with E-state index >= 15 is 0 Å². The zero-order chi connectivity index (χ0) is 20.3. The third kappa shape index (κ3) is 4.22. The summed E-state index contributed by atoms with van der Waals surface area (Å²) >= 11 is 1.71. The summed E-state index contributed by atoms with van der Waals surface area (Å²) in [5.74, 6) is 1.75. The normalized spacial score (nSPS) is 19.6. The molecule has 0 bridgehead atoms. The van der Waals surface area contributed by atoms with Crippen molar-refractivity contribution in [2.45, 2.75) is 31.8 Å². The van der Waals surface area contributed by atoms with Crippen LogP contribution in [0.3, 0.4) is 0 Å². The van der Waals surface area contributed by atoms with Crippen molar-refractivity contribution in [3.05, 3.63) is 42.0 Å². The van der Waals surface area contributed by atoms with Crippen molar-refractivity contribution in [1.29, 1.82) is 0 Å². The van der Waals surface area contributed by atoms with Crippen LogP contribution in [-0.4, -0.2) is 60.8 Å². The Morgan fingerprint density at radius 1 is 1.00 bits per heavy atom. The van der Waals surface area contributed by atoms with Crippen LogP contribution in [0.15, 0.2) is 42.0 Å². The van der Waals surface area contributed by atoms with Gasteiger partial charge in [-0.2, -0.15) is 0 Å². The summed E-state index contributed by atoms with van der Waals surface area (Å²) < 4.78 is 6.28. The topological polar surface area (TPSA) is 41.5 Å². The van der Waals surface area contributed by atoms with Gasteiger partial charge in [-0.15, -0.1) is 11.3 Å². The zero-order valence-corrected chi connectivity index (χ0v) is 18.5. The fourth-order valence-corrected chi connectivity index (χ4v) is 5.57. The Bertz CT molecular complexity index is 960. The van der Waals surface area contributed by atoms with Crippen LogP contribution >= 0.6 is 11.3 Å². The van der Waals surface area contributed by atoms with E-state index in [1.54, 1.807) is 17.7 Å². The highest BCUT2D eigenvalue weighted by atomic mass is 32.1. The minimum absolute atomic E-state index is 0.458. The van der Waals surface area contributed by atoms with Gasteiger partial charge in [0, 0.05) is 43.7 Å². The first kappa shape index (κ1) is 19.9. The van der Waals surface area contributed by atoms with E-state index < -0.39 is 0 Å². The quantitative estimate of drug-likeness (QED) is 0.597. The Hall–Kier alpha value is -2.02. The molecule has 2 fully saturated rings. The number of ether oxygens (including phenoxy) is 1. The summed E-state index contributed by atoms with van der Waals surface area (Å²) in [6.07, 6.45) is 6.87. The fourth-order valence-electron chi connectivity index (χ4n) is 4.66. The fraction of sp³-hybridized carbons (Fsp3) is 0.500. The summed E-state index contributed by atoms with van der Waals surface area (Å²) in [7, 11) is 2.20. The minimum atomic E-state index is 0.458. The summed E-state index contributed by atoms with van der Waals surface area (Å²) in [6, 6.07) is 10.6. The highest BCUT2D eigenvalue weighted by Crippen LogP contribution is 2.38. The first-order valence-corrected chi connectivity index (χ1v) is 12.0. The first-order chi connectivity index (χ1) is 14.8. The van der Waals surface area contributed by atoms with E-state index in [-0.39, 0.29) is 0 Å². The van der Waals surface area contributed by atoms with E-state index in [0.717, 1.165) is 43.4 Å². The van der Waals surface area contributed by atoms with Crippen molar-refractivity contribution in [3.63, 3.8) is 0 Å². The highest BCUT2D eigenvalue weighted by molar-refractivity contribution is 7.17. The molecule has 0 saturated carbocycles. The molecule has 158 valence electrons. The average Bonchev–Trinajstić information content (AvgIpc) is 3.24. The van der Waals surface area contributed by atoms with Crippen molar-refractivity contribution in [2.75, 3.05) is 44.7 Å². The molecule has 0 N–H and O–H groups in total. The van der Waals surface area contributed by atoms with Crippen molar-refractivity contribution < 1.29 is 4.74 Å². The number of nitrogens with zero attached hydrogens (tertiary/aromatic N) is 4. The molecule has 0 radical (unpaired) electrons. The number of hydrogen-bond donors (Lipinski definition) is 0. The largest absolute Gasteiger partial charge is 0.378 e. The molecule has 2 aliphatic heterocycles. The lowest BCUT2D eigenvalue weighted by Crippen LogP contribution is -2.38. The number of rotatable bonds is 5. The molecule has 2 saturated heterocycles. The monoisotopic (exact) mass is 422 g/mol. The number of likely N-dealkylation sites (tertiary alicyclic amines) is 1. The Morgan fingerprint density at radius 3 is 2.53 bits per heavy atom. The molecular formula is C24H30N4OS. The third-order valence-corrected chi connectivity index (χ3v) is 7.47. The van der Waals surface area contributed by atoms with Gasteiger partial charge in [0.1, 0.15) is 17.0 Å². The van der Waals surface area contributed by atoms with E-state index in [9.17, 15) is 0 Å². The van der Waals surface area contributed by atoms with Gasteiger partial charge in [-0.05, 0) is 44.2 Å². The maximum absolute atomic E-state index is 6.28. The van der Waals surface area contributed by atoms with E-state index in [2.05, 4.69) is 57.5 Å². The summed E-state index contributed by atoms with van der Waals surface area (Å²) in [5, 5.41) is 3.43. The second kappa shape index (κ2) is 9.00. The lowest BCUT2D eigenvalue weighted by Gasteiger charge is -2.35. The highest BCUT2D eigenvalue weighted by Gasteiger charge is 2.25. The van der Waals surface area contributed by atoms with Crippen molar-refractivity contribution in [2.24, 2.45) is 5.92 Å². The molecule has 0 amide bonds. The minimum Gasteiger partial charge on any atom is -0.378 e. The molecule has 0 aliphatic carbocycles. The van der Waals surface area contributed by atoms with E-state index in [0.29, 0.717) is 12.0 Å². The second-order valence-corrected chi connectivity index (χ2v) is 9.52. The molecule has 6 heteroatoms. The Kier molecular flexibility index (Phi) is 5.97. The van der Waals surface area contributed by atoms with Crippen molar-refractivity contribution in [1.82, 2.24) is 14.9 Å². The smallest absolute Gasteiger partial charge is 0.141 e. The SMILES string of the molecule is CN1CCC(OCC2CCN(c3ncnc4scc(-c5ccccc5)c34)CC2)CC1. The van der Waals surface area contributed by atoms with E-state index in [1.807, 2.05) is 0 Å². The molecule has 0 spiro atoms. The molecular weight excluding hydrogens is 392 g/mol. The Labute approximate surface area is 182 Å². The Morgan fingerprint density at radius 2 is 1.77 bits per heavy atom. The maximum atomic E-state index is 6.28. The molecule has 1 aromatic carbocycles. The molecule has 3 aromatic rings. The molecule has 4 heterocycles. The van der Waals surface area contributed by atoms with Gasteiger partial charge in [0.15, 0.2) is 0 Å². The molecule has 2 aliphatic rings. The number of hydrogen-bond acceptors (Lipinski definition) is 6. The van der Waals surface area contributed by atoms with Gasteiger partial charge in [-0.25, -0.2) is 9.97 Å². The number of piperidine rings is 2. The van der Waals surface area contributed by atoms with Crippen LogP contribution in [0.5, 0.6) is 0 Å². The molecule has 5 nitrogen and oxygen atoms in total. The van der Waals surface area contributed by atoms with Crippen molar-refractivity contribution in [3.8, 4) is 11.1 Å². The van der Waals surface area contributed by atoms with E-state index in [4.69, 9.17) is 9.72 Å². The summed E-state index contributed by atoms with van der Waals surface area (Å²) in [6.45, 7) is 5.32. The van der Waals surface area contributed by atoms with Crippen molar-refractivity contribution >= 4 is 27.4 Å². The van der Waals surface area contributed by atoms with Crippen LogP contribution in [0.2, 0.25) is 0 Å². The van der Waals surface area contributed by atoms with Gasteiger partial charge in [-0.1, -0.05) is 30.3 Å². The average molecular weight is 423 g/mol. The lowest BCUT2D eigenvalue weighted by molar-refractivity contribution is -0.00873. The predicted molar refractivity (Wildman–Crippen MR) is 124 cm³/mol. The zero-order valence-electron chi connectivity index (χ0n) is 17.7. The lowest BCUT2D eigenvalue weighted by atomic mass is 9.97. The van der Waals surface area contributed by atoms with Crippen LogP contribution in [0.25, 0.3) is 21.3 Å². The van der Waals surface area contributed by atoms with Gasteiger partial charge in [-0.3, -0.25) is 0 Å². The van der Waals surface area contributed by atoms with Gasteiger partial charge >= 0.3 is 0 Å². The molecule has 0 unspecified atom stereocenters. The number of thiophene rings is 1. The summed E-state index contributed by atoms with van der Waals surface area (Å²) in [5.41, 5.74) is 2.49. The Balaban J connectivity index is 1.26. The van der Waals surface area contributed by atoms with Crippen LogP contribution in [0.1, 0.15) is 25.7 Å². The van der Waals surface area contributed by atoms with Crippen LogP contribution in [0.4, 0.5) is 5.82 Å². The number of anilines is 1. The molecule has 2 aromatic heterocycles. The maximum Gasteiger partial charge on any atom is 0.141 e. The number of fused-ring (bicyclic) bond motifs is 1. The first-order valence-electron chi connectivity index (χ1n) is 11.1. The second-order valence-electron chi connectivity index (χ2n) is 8.66. The molecule has 30 heavy (non-hydrogen) atoms. The third-order valence-electron chi connectivity index (χ3n) is 6.58. The van der Waals surface area contributed by atoms with Crippen LogP contribution in [0, 0.1) is 5.92 Å². The number of benzene rings is 1. The standard InChI is InChI=1S/C24H30N4OS/c1-27-11-9-20(10-12-27)29-15-18-7-13-28(14-8-18)23-22-21(19-5-3-2-4-6-19)16-30-24(22)26-17-25-23/h2-6,16-18,20H,7-15H2,1H3. The van der Waals surface area contributed by atoms with Gasteiger partial charge < -0.3 is 14.5 Å². The summed E-state index contributed by atoms with van der Waals surface area (Å²) in [4.78, 5) is 15.2. The van der Waals surface area contributed by atoms with Gasteiger partial charge in [0.25, 0.3) is 0 Å².